The number of amides is 1. The van der Waals surface area contributed by atoms with E-state index in [1.54, 1.807) is 6.07 Å². The van der Waals surface area contributed by atoms with Gasteiger partial charge in [-0.05, 0) is 41.8 Å². The molecule has 0 saturated carbocycles. The summed E-state index contributed by atoms with van der Waals surface area (Å²) in [5, 5.41) is 15.5. The lowest BCUT2D eigenvalue weighted by atomic mass is 9.94. The molecule has 0 bridgehead atoms. The van der Waals surface area contributed by atoms with Gasteiger partial charge >= 0.3 is 0 Å². The molecule has 1 amide bonds. The first-order valence-electron chi connectivity index (χ1n) is 10.2. The molecule has 7 heteroatoms. The standard InChI is InChI=1S/C23H24FN3O3/c24-17-3-5-20-19-4-2-15(10-16(19)6-9-30-21(20)12-17)11-18(13-25)27-23(28)22-14-26-7-1-8-29-22/h2-5,10,12,18,22,26H,1,6-9,11,14H2,(H,27,28)/t18-,22-/m0/s1. The average Bonchev–Trinajstić information content (AvgIpc) is 3.12. The number of hydrogen-bond acceptors (Lipinski definition) is 5. The highest BCUT2D eigenvalue weighted by Gasteiger charge is 2.24. The van der Waals surface area contributed by atoms with Crippen LogP contribution in [0.1, 0.15) is 17.5 Å². The summed E-state index contributed by atoms with van der Waals surface area (Å²) < 4.78 is 24.8. The number of carbonyl (C=O) groups excluding carboxylic acids is 1. The molecule has 2 aromatic carbocycles. The van der Waals surface area contributed by atoms with Crippen LogP contribution in [0.5, 0.6) is 5.75 Å². The van der Waals surface area contributed by atoms with Crippen molar-refractivity contribution in [2.24, 2.45) is 0 Å². The summed E-state index contributed by atoms with van der Waals surface area (Å²) in [4.78, 5) is 12.5. The monoisotopic (exact) mass is 409 g/mol. The minimum absolute atomic E-state index is 0.268. The van der Waals surface area contributed by atoms with Crippen LogP contribution in [-0.4, -0.2) is 44.4 Å². The van der Waals surface area contributed by atoms with Gasteiger partial charge < -0.3 is 20.1 Å². The van der Waals surface area contributed by atoms with Crippen LogP contribution in [0.3, 0.4) is 0 Å². The smallest absolute Gasteiger partial charge is 0.251 e. The number of rotatable bonds is 4. The molecule has 1 saturated heterocycles. The van der Waals surface area contributed by atoms with Crippen LogP contribution in [0.4, 0.5) is 4.39 Å². The zero-order valence-electron chi connectivity index (χ0n) is 16.6. The second-order valence-corrected chi connectivity index (χ2v) is 7.54. The predicted octanol–water partition coefficient (Wildman–Crippen LogP) is 2.36. The van der Waals surface area contributed by atoms with Gasteiger partial charge in [-0.1, -0.05) is 18.2 Å². The molecule has 4 rings (SSSR count). The molecular weight excluding hydrogens is 385 g/mol. The van der Waals surface area contributed by atoms with Crippen LogP contribution in [-0.2, 0) is 22.4 Å². The molecule has 2 N–H and O–H groups in total. The molecule has 2 heterocycles. The number of hydrogen-bond donors (Lipinski definition) is 2. The van der Waals surface area contributed by atoms with Crippen molar-refractivity contribution in [2.45, 2.75) is 31.4 Å². The first-order chi connectivity index (χ1) is 14.6. The van der Waals surface area contributed by atoms with Crippen molar-refractivity contribution in [3.05, 3.63) is 53.3 Å². The molecule has 0 spiro atoms. The van der Waals surface area contributed by atoms with Crippen molar-refractivity contribution in [1.82, 2.24) is 10.6 Å². The van der Waals surface area contributed by atoms with Gasteiger partial charge in [0.15, 0.2) is 0 Å². The van der Waals surface area contributed by atoms with Crippen LogP contribution in [0.25, 0.3) is 11.1 Å². The lowest BCUT2D eigenvalue weighted by molar-refractivity contribution is -0.132. The van der Waals surface area contributed by atoms with Gasteiger partial charge in [0.2, 0.25) is 0 Å². The Labute approximate surface area is 175 Å². The minimum Gasteiger partial charge on any atom is -0.492 e. The molecule has 0 aromatic heterocycles. The normalized spacial score (nSPS) is 19.1. The van der Waals surface area contributed by atoms with Crippen molar-refractivity contribution in [1.29, 1.82) is 5.26 Å². The van der Waals surface area contributed by atoms with Gasteiger partial charge in [0.25, 0.3) is 5.91 Å². The van der Waals surface area contributed by atoms with E-state index >= 15 is 0 Å². The van der Waals surface area contributed by atoms with E-state index in [4.69, 9.17) is 9.47 Å². The van der Waals surface area contributed by atoms with Crippen molar-refractivity contribution in [3.8, 4) is 22.9 Å². The van der Waals surface area contributed by atoms with Crippen LogP contribution in [0.15, 0.2) is 36.4 Å². The topological polar surface area (TPSA) is 83.4 Å². The Balaban J connectivity index is 1.48. The van der Waals surface area contributed by atoms with Crippen molar-refractivity contribution < 1.29 is 18.7 Å². The van der Waals surface area contributed by atoms with Crippen molar-refractivity contribution >= 4 is 5.91 Å². The number of nitriles is 1. The number of halogens is 1. The number of nitrogens with one attached hydrogen (secondary N) is 2. The maximum Gasteiger partial charge on any atom is 0.251 e. The fraction of sp³-hybridized carbons (Fsp3) is 0.391. The fourth-order valence-electron chi connectivity index (χ4n) is 3.87. The molecule has 156 valence electrons. The quantitative estimate of drug-likeness (QED) is 0.810. The number of benzene rings is 2. The highest BCUT2D eigenvalue weighted by atomic mass is 19.1. The van der Waals surface area contributed by atoms with E-state index in [9.17, 15) is 14.4 Å². The van der Waals surface area contributed by atoms with E-state index in [0.717, 1.165) is 35.2 Å². The molecule has 2 aromatic rings. The first kappa shape index (κ1) is 20.3. The maximum absolute atomic E-state index is 13.6. The number of ether oxygens (including phenoxy) is 2. The molecule has 2 aliphatic rings. The van der Waals surface area contributed by atoms with Gasteiger partial charge in [-0.2, -0.15) is 5.26 Å². The van der Waals surface area contributed by atoms with Crippen molar-refractivity contribution in [2.75, 3.05) is 26.3 Å². The second kappa shape index (κ2) is 9.24. The maximum atomic E-state index is 13.6. The van der Waals surface area contributed by atoms with E-state index in [2.05, 4.69) is 16.7 Å². The van der Waals surface area contributed by atoms with Gasteiger partial charge in [0.1, 0.15) is 23.7 Å². The van der Waals surface area contributed by atoms with E-state index in [1.165, 1.54) is 12.1 Å². The molecule has 2 atom stereocenters. The molecule has 0 aliphatic carbocycles. The average molecular weight is 409 g/mol. The summed E-state index contributed by atoms with van der Waals surface area (Å²) in [6, 6.07) is 12.1. The van der Waals surface area contributed by atoms with Crippen LogP contribution < -0.4 is 15.4 Å². The Bertz CT molecular complexity index is 965. The lowest BCUT2D eigenvalue weighted by Crippen LogP contribution is -2.46. The third-order valence-corrected chi connectivity index (χ3v) is 5.38. The molecule has 0 radical (unpaired) electrons. The number of carbonyl (C=O) groups is 1. The minimum atomic E-state index is -0.647. The predicted molar refractivity (Wildman–Crippen MR) is 110 cm³/mol. The van der Waals surface area contributed by atoms with Crippen LogP contribution in [0, 0.1) is 17.1 Å². The van der Waals surface area contributed by atoms with E-state index in [1.807, 2.05) is 18.2 Å². The SMILES string of the molecule is N#C[C@H](Cc1ccc2c(c1)CCOc1cc(F)ccc1-2)NC(=O)[C@@H]1CNCCCO1. The summed E-state index contributed by atoms with van der Waals surface area (Å²) in [6.45, 7) is 2.25. The Kier molecular flexibility index (Phi) is 6.26. The van der Waals surface area contributed by atoms with Crippen LogP contribution in [0.2, 0.25) is 0 Å². The molecule has 2 aliphatic heterocycles. The summed E-state index contributed by atoms with van der Waals surface area (Å²) in [6.07, 6.45) is 1.36. The highest BCUT2D eigenvalue weighted by Crippen LogP contribution is 2.36. The third-order valence-electron chi connectivity index (χ3n) is 5.38. The largest absolute Gasteiger partial charge is 0.492 e. The Morgan fingerprint density at radius 3 is 3.00 bits per heavy atom. The zero-order chi connectivity index (χ0) is 20.9. The first-order valence-corrected chi connectivity index (χ1v) is 10.2. The summed E-state index contributed by atoms with van der Waals surface area (Å²) in [5.74, 6) is -0.0509. The number of nitrogens with zero attached hydrogens (tertiary/aromatic N) is 1. The lowest BCUT2D eigenvalue weighted by Gasteiger charge is -2.18. The Morgan fingerprint density at radius 2 is 2.13 bits per heavy atom. The van der Waals surface area contributed by atoms with E-state index < -0.39 is 12.1 Å². The van der Waals surface area contributed by atoms with Gasteiger partial charge in [-0.3, -0.25) is 4.79 Å². The molecule has 6 nitrogen and oxygen atoms in total. The van der Waals surface area contributed by atoms with Crippen molar-refractivity contribution in [3.63, 3.8) is 0 Å². The van der Waals surface area contributed by atoms with Gasteiger partial charge in [0.05, 0.1) is 12.7 Å². The Hall–Kier alpha value is -2.95. The Morgan fingerprint density at radius 1 is 1.27 bits per heavy atom. The third kappa shape index (κ3) is 4.61. The molecule has 1 fully saturated rings. The van der Waals surface area contributed by atoms with Gasteiger partial charge in [0, 0.05) is 37.6 Å². The highest BCUT2D eigenvalue weighted by molar-refractivity contribution is 5.81. The van der Waals surface area contributed by atoms with Gasteiger partial charge in [-0.15, -0.1) is 0 Å². The zero-order valence-corrected chi connectivity index (χ0v) is 16.6. The summed E-state index contributed by atoms with van der Waals surface area (Å²) in [5.41, 5.74) is 3.89. The second-order valence-electron chi connectivity index (χ2n) is 7.54. The van der Waals surface area contributed by atoms with E-state index in [-0.39, 0.29) is 11.7 Å². The molecule has 0 unspecified atom stereocenters. The summed E-state index contributed by atoms with van der Waals surface area (Å²) in [7, 11) is 0. The fourth-order valence-corrected chi connectivity index (χ4v) is 3.87. The molecule has 30 heavy (non-hydrogen) atoms. The molecular formula is C23H24FN3O3. The van der Waals surface area contributed by atoms with Crippen LogP contribution >= 0.6 is 0 Å². The van der Waals surface area contributed by atoms with E-state index in [0.29, 0.717) is 38.3 Å². The summed E-state index contributed by atoms with van der Waals surface area (Å²) >= 11 is 0. The number of fused-ring (bicyclic) bond motifs is 3. The van der Waals surface area contributed by atoms with Gasteiger partial charge in [-0.25, -0.2) is 4.39 Å².